The van der Waals surface area contributed by atoms with Gasteiger partial charge in [-0.05, 0) is 66.5 Å². The zero-order chi connectivity index (χ0) is 23.9. The fraction of sp³-hybridized carbons (Fsp3) is 0.259. The average molecular weight is 483 g/mol. The molecule has 2 fully saturated rings. The molecule has 35 heavy (non-hydrogen) atoms. The fourth-order valence-electron chi connectivity index (χ4n) is 4.59. The van der Waals surface area contributed by atoms with Crippen molar-refractivity contribution in [3.05, 3.63) is 88.5 Å². The maximum absolute atomic E-state index is 12.7. The molecule has 0 radical (unpaired) electrons. The highest BCUT2D eigenvalue weighted by atomic mass is 35.5. The average Bonchev–Trinajstić information content (AvgIpc) is 3.78. The maximum Gasteiger partial charge on any atom is 0.229 e. The first kappa shape index (κ1) is 21.6. The highest BCUT2D eigenvalue weighted by molar-refractivity contribution is 6.30. The van der Waals surface area contributed by atoms with Gasteiger partial charge < -0.3 is 15.0 Å². The van der Waals surface area contributed by atoms with Crippen LogP contribution in [0.1, 0.15) is 53.5 Å². The van der Waals surface area contributed by atoms with Gasteiger partial charge in [0.1, 0.15) is 11.9 Å². The molecule has 1 amide bonds. The molecule has 1 aromatic carbocycles. The topological polar surface area (TPSA) is 95.1 Å². The van der Waals surface area contributed by atoms with Crippen LogP contribution in [0.4, 0.5) is 11.5 Å². The molecule has 4 aromatic rings. The molecule has 3 heterocycles. The molecule has 3 aromatic heterocycles. The minimum atomic E-state index is -0.0697. The number of halogens is 1. The molecule has 2 aliphatic carbocycles. The third kappa shape index (κ3) is 4.58. The number of hydrogen-bond donors (Lipinski definition) is 2. The van der Waals surface area contributed by atoms with Crippen LogP contribution in [0.25, 0.3) is 5.65 Å². The van der Waals surface area contributed by atoms with Crippen LogP contribution >= 0.6 is 11.6 Å². The first-order chi connectivity index (χ1) is 17.1. The van der Waals surface area contributed by atoms with Gasteiger partial charge in [-0.3, -0.25) is 4.79 Å². The highest BCUT2D eigenvalue weighted by Crippen LogP contribution is 2.48. The van der Waals surface area contributed by atoms with Gasteiger partial charge in [-0.15, -0.1) is 0 Å². The normalized spacial score (nSPS) is 18.7. The number of rotatable bonds is 7. The fourth-order valence-corrected chi connectivity index (χ4v) is 4.79. The van der Waals surface area contributed by atoms with Crippen LogP contribution in [0.15, 0.2) is 61.1 Å². The van der Waals surface area contributed by atoms with E-state index in [4.69, 9.17) is 11.6 Å². The molecule has 7 nitrogen and oxygen atoms in total. The van der Waals surface area contributed by atoms with Gasteiger partial charge in [0.05, 0.1) is 17.8 Å². The minimum Gasteiger partial charge on any atom is -0.379 e. The first-order valence-corrected chi connectivity index (χ1v) is 12.1. The monoisotopic (exact) mass is 482 g/mol. The number of nitrogens with one attached hydrogen (secondary N) is 2. The smallest absolute Gasteiger partial charge is 0.229 e. The van der Waals surface area contributed by atoms with Gasteiger partial charge in [0, 0.05) is 41.3 Å². The van der Waals surface area contributed by atoms with Gasteiger partial charge in [-0.1, -0.05) is 23.7 Å². The lowest BCUT2D eigenvalue weighted by molar-refractivity contribution is -0.117. The molecule has 2 aliphatic rings. The molecular weight excluding hydrogens is 460 g/mol. The Morgan fingerprint density at radius 2 is 2.06 bits per heavy atom. The SMILES string of the molecule is N#Cc1cc(C2CC2)cn2cc(CNc3ccnc(NC(=O)[C@H]4C[C@@H]4c4cccc(Cl)c4)c3)nc12. The Hall–Kier alpha value is -3.89. The largest absolute Gasteiger partial charge is 0.379 e. The summed E-state index contributed by atoms with van der Waals surface area (Å²) >= 11 is 6.09. The zero-order valence-corrected chi connectivity index (χ0v) is 19.7. The third-order valence-corrected chi connectivity index (χ3v) is 6.92. The van der Waals surface area contributed by atoms with Crippen LogP contribution in [0.3, 0.4) is 0 Å². The Morgan fingerprint density at radius 3 is 2.86 bits per heavy atom. The molecule has 0 saturated heterocycles. The summed E-state index contributed by atoms with van der Waals surface area (Å²) in [6.45, 7) is 0.488. The Balaban J connectivity index is 1.10. The van der Waals surface area contributed by atoms with Crippen molar-refractivity contribution in [2.24, 2.45) is 5.92 Å². The summed E-state index contributed by atoms with van der Waals surface area (Å²) in [5, 5.41) is 16.5. The van der Waals surface area contributed by atoms with E-state index in [1.165, 1.54) is 18.4 Å². The lowest BCUT2D eigenvalue weighted by Gasteiger charge is -2.08. The van der Waals surface area contributed by atoms with Crippen LogP contribution < -0.4 is 10.6 Å². The zero-order valence-electron chi connectivity index (χ0n) is 18.9. The summed E-state index contributed by atoms with van der Waals surface area (Å²) in [6.07, 6.45) is 8.88. The van der Waals surface area contributed by atoms with Gasteiger partial charge in [0.25, 0.3) is 0 Å². The van der Waals surface area contributed by atoms with E-state index in [0.717, 1.165) is 23.4 Å². The number of amides is 1. The number of fused-ring (bicyclic) bond motifs is 1. The van der Waals surface area contributed by atoms with E-state index in [2.05, 4.69) is 32.9 Å². The van der Waals surface area contributed by atoms with Gasteiger partial charge in [-0.25, -0.2) is 9.97 Å². The molecule has 2 N–H and O–H groups in total. The molecule has 2 atom stereocenters. The number of benzene rings is 1. The Morgan fingerprint density at radius 1 is 1.17 bits per heavy atom. The second-order valence-electron chi connectivity index (χ2n) is 9.31. The van der Waals surface area contributed by atoms with E-state index in [9.17, 15) is 10.1 Å². The number of nitrogens with zero attached hydrogens (tertiary/aromatic N) is 4. The molecule has 0 unspecified atom stereocenters. The van der Waals surface area contributed by atoms with Crippen molar-refractivity contribution in [1.82, 2.24) is 14.4 Å². The summed E-state index contributed by atoms with van der Waals surface area (Å²) in [7, 11) is 0. The number of carbonyl (C=O) groups is 1. The lowest BCUT2D eigenvalue weighted by atomic mass is 10.1. The van der Waals surface area contributed by atoms with Gasteiger partial charge in [0.2, 0.25) is 5.91 Å². The first-order valence-electron chi connectivity index (χ1n) is 11.8. The van der Waals surface area contributed by atoms with Crippen LogP contribution in [0.2, 0.25) is 5.02 Å². The summed E-state index contributed by atoms with van der Waals surface area (Å²) in [6, 6.07) is 15.6. The van der Waals surface area contributed by atoms with Crippen molar-refractivity contribution in [2.75, 3.05) is 10.6 Å². The number of hydrogen-bond acceptors (Lipinski definition) is 5. The number of pyridine rings is 2. The Kier molecular flexibility index (Phi) is 5.39. The molecule has 2 saturated carbocycles. The van der Waals surface area contributed by atoms with E-state index in [-0.39, 0.29) is 17.7 Å². The number of aromatic nitrogens is 3. The molecule has 0 aliphatic heterocycles. The predicted octanol–water partition coefficient (Wildman–Crippen LogP) is 5.49. The quantitative estimate of drug-likeness (QED) is 0.363. The minimum absolute atomic E-state index is 0.0320. The maximum atomic E-state index is 12.7. The van der Waals surface area contributed by atoms with Crippen molar-refractivity contribution in [2.45, 2.75) is 37.6 Å². The summed E-state index contributed by atoms with van der Waals surface area (Å²) in [4.78, 5) is 21.7. The van der Waals surface area contributed by atoms with E-state index in [1.54, 1.807) is 6.20 Å². The van der Waals surface area contributed by atoms with E-state index < -0.39 is 0 Å². The van der Waals surface area contributed by atoms with Crippen LogP contribution in [-0.4, -0.2) is 20.3 Å². The number of anilines is 2. The Labute approximate surface area is 207 Å². The number of imidazole rings is 1. The van der Waals surface area contributed by atoms with Crippen molar-refractivity contribution >= 4 is 34.7 Å². The lowest BCUT2D eigenvalue weighted by Crippen LogP contribution is -2.15. The number of nitriles is 1. The van der Waals surface area contributed by atoms with Gasteiger partial charge in [0.15, 0.2) is 5.65 Å². The van der Waals surface area contributed by atoms with E-state index in [0.29, 0.717) is 34.5 Å². The third-order valence-electron chi connectivity index (χ3n) is 6.68. The van der Waals surface area contributed by atoms with Crippen LogP contribution in [0, 0.1) is 17.2 Å². The summed E-state index contributed by atoms with van der Waals surface area (Å²) < 4.78 is 1.95. The summed E-state index contributed by atoms with van der Waals surface area (Å²) in [5.41, 5.74) is 5.24. The van der Waals surface area contributed by atoms with Crippen molar-refractivity contribution in [1.29, 1.82) is 5.26 Å². The molecule has 6 rings (SSSR count). The predicted molar refractivity (Wildman–Crippen MR) is 134 cm³/mol. The molecule has 174 valence electrons. The molecular formula is C27H23ClN6O. The molecule has 0 spiro atoms. The number of carbonyl (C=O) groups excluding carboxylic acids is 1. The van der Waals surface area contributed by atoms with Crippen molar-refractivity contribution < 1.29 is 4.79 Å². The van der Waals surface area contributed by atoms with E-state index in [1.807, 2.05) is 53.1 Å². The standard InChI is InChI=1S/C27H23ClN6O/c28-20-3-1-2-17(9-20)23-11-24(23)27(35)33-25-10-21(6-7-30-25)31-13-22-15-34-14-19(16-4-5-16)8-18(12-29)26(34)32-22/h1-3,6-10,14-16,23-24H,4-5,11,13H2,(H2,30,31,33,35)/t23-,24+/m1/s1. The second kappa shape index (κ2) is 8.71. The van der Waals surface area contributed by atoms with Gasteiger partial charge >= 0.3 is 0 Å². The Bertz CT molecular complexity index is 1480. The van der Waals surface area contributed by atoms with Crippen LogP contribution in [0.5, 0.6) is 0 Å². The molecule has 8 heteroatoms. The van der Waals surface area contributed by atoms with Gasteiger partial charge in [-0.2, -0.15) is 5.26 Å². The molecule has 0 bridgehead atoms. The summed E-state index contributed by atoms with van der Waals surface area (Å²) in [5.74, 6) is 1.17. The second-order valence-corrected chi connectivity index (χ2v) is 9.75. The van der Waals surface area contributed by atoms with Crippen molar-refractivity contribution in [3.63, 3.8) is 0 Å². The van der Waals surface area contributed by atoms with Crippen LogP contribution in [-0.2, 0) is 11.3 Å². The highest BCUT2D eigenvalue weighted by Gasteiger charge is 2.44. The van der Waals surface area contributed by atoms with Crippen molar-refractivity contribution in [3.8, 4) is 6.07 Å². The van der Waals surface area contributed by atoms with E-state index >= 15 is 0 Å².